The quantitative estimate of drug-likeness (QED) is 0.762. The minimum Gasteiger partial charge on any atom is -0.356 e. The van der Waals surface area contributed by atoms with Crippen LogP contribution in [0.15, 0.2) is 36.4 Å². The maximum absolute atomic E-state index is 13.3. The number of carbonyl (C=O) groups is 1. The molecular formula is C24H33N5O. The second-order valence-corrected chi connectivity index (χ2v) is 8.70. The van der Waals surface area contributed by atoms with E-state index in [-0.39, 0.29) is 11.9 Å². The van der Waals surface area contributed by atoms with Crippen LogP contribution in [-0.4, -0.2) is 64.4 Å². The minimum absolute atomic E-state index is 0.0143. The fourth-order valence-corrected chi connectivity index (χ4v) is 4.87. The Morgan fingerprint density at radius 3 is 2.50 bits per heavy atom. The monoisotopic (exact) mass is 407 g/mol. The third-order valence-corrected chi connectivity index (χ3v) is 6.51. The molecule has 0 saturated carbocycles. The fraction of sp³-hybridized carbons (Fsp3) is 0.542. The number of hydrogen-bond acceptors (Lipinski definition) is 5. The SMILES string of the molecule is Cc1cc(N2CCC(N(C)C(=O)C3CCCN3Cc3ccccc3)CC2)nc(C)n1. The smallest absolute Gasteiger partial charge is 0.239 e. The van der Waals surface area contributed by atoms with E-state index < -0.39 is 0 Å². The Morgan fingerprint density at radius 2 is 1.80 bits per heavy atom. The number of likely N-dealkylation sites (N-methyl/N-ethyl adjacent to an activating group) is 1. The van der Waals surface area contributed by atoms with E-state index in [1.165, 1.54) is 5.56 Å². The molecular weight excluding hydrogens is 374 g/mol. The van der Waals surface area contributed by atoms with Crippen molar-refractivity contribution in [3.63, 3.8) is 0 Å². The summed E-state index contributed by atoms with van der Waals surface area (Å²) in [6.07, 6.45) is 4.03. The molecule has 2 aliphatic heterocycles. The van der Waals surface area contributed by atoms with Crippen molar-refractivity contribution in [1.29, 1.82) is 0 Å². The molecule has 4 rings (SSSR count). The van der Waals surface area contributed by atoms with Crippen molar-refractivity contribution < 1.29 is 4.79 Å². The second-order valence-electron chi connectivity index (χ2n) is 8.70. The van der Waals surface area contributed by atoms with Crippen molar-refractivity contribution in [2.75, 3.05) is 31.6 Å². The van der Waals surface area contributed by atoms with E-state index >= 15 is 0 Å². The number of anilines is 1. The van der Waals surface area contributed by atoms with Crippen LogP contribution in [0.5, 0.6) is 0 Å². The van der Waals surface area contributed by atoms with Crippen LogP contribution in [0.3, 0.4) is 0 Å². The van der Waals surface area contributed by atoms with Gasteiger partial charge in [0.25, 0.3) is 0 Å². The largest absolute Gasteiger partial charge is 0.356 e. The molecule has 0 N–H and O–H groups in total. The lowest BCUT2D eigenvalue weighted by molar-refractivity contribution is -0.137. The van der Waals surface area contributed by atoms with E-state index in [2.05, 4.69) is 50.1 Å². The van der Waals surface area contributed by atoms with E-state index in [0.717, 1.165) is 69.2 Å². The number of hydrogen-bond donors (Lipinski definition) is 0. The Bertz CT molecular complexity index is 843. The molecule has 2 saturated heterocycles. The van der Waals surface area contributed by atoms with Crippen LogP contribution in [0.2, 0.25) is 0 Å². The topological polar surface area (TPSA) is 52.6 Å². The molecule has 1 aromatic heterocycles. The number of nitrogens with zero attached hydrogens (tertiary/aromatic N) is 5. The summed E-state index contributed by atoms with van der Waals surface area (Å²) in [6, 6.07) is 12.9. The molecule has 0 radical (unpaired) electrons. The Morgan fingerprint density at radius 1 is 1.07 bits per heavy atom. The average molecular weight is 408 g/mol. The molecule has 160 valence electrons. The zero-order valence-electron chi connectivity index (χ0n) is 18.4. The second kappa shape index (κ2) is 9.13. The maximum Gasteiger partial charge on any atom is 0.239 e. The first kappa shape index (κ1) is 20.8. The molecule has 2 aromatic rings. The van der Waals surface area contributed by atoms with Gasteiger partial charge in [0.15, 0.2) is 0 Å². The van der Waals surface area contributed by atoms with Gasteiger partial charge in [-0.2, -0.15) is 0 Å². The van der Waals surface area contributed by atoms with E-state index in [1.54, 1.807) is 0 Å². The predicted octanol–water partition coefficient (Wildman–Crippen LogP) is 3.19. The number of carbonyl (C=O) groups excluding carboxylic acids is 1. The Hall–Kier alpha value is -2.47. The molecule has 0 spiro atoms. The summed E-state index contributed by atoms with van der Waals surface area (Å²) in [6.45, 7) is 7.67. The molecule has 2 fully saturated rings. The van der Waals surface area contributed by atoms with Crippen molar-refractivity contribution in [3.8, 4) is 0 Å². The van der Waals surface area contributed by atoms with Crippen molar-refractivity contribution in [2.24, 2.45) is 0 Å². The summed E-state index contributed by atoms with van der Waals surface area (Å²) in [4.78, 5) is 29.0. The van der Waals surface area contributed by atoms with Gasteiger partial charge in [-0.25, -0.2) is 9.97 Å². The van der Waals surface area contributed by atoms with Gasteiger partial charge >= 0.3 is 0 Å². The summed E-state index contributed by atoms with van der Waals surface area (Å²) in [7, 11) is 2.00. The third-order valence-electron chi connectivity index (χ3n) is 6.51. The number of amides is 1. The van der Waals surface area contributed by atoms with E-state index in [9.17, 15) is 4.79 Å². The predicted molar refractivity (Wildman–Crippen MR) is 119 cm³/mol. The highest BCUT2D eigenvalue weighted by Gasteiger charge is 2.35. The fourth-order valence-electron chi connectivity index (χ4n) is 4.87. The third kappa shape index (κ3) is 4.64. The number of aromatic nitrogens is 2. The molecule has 3 heterocycles. The van der Waals surface area contributed by atoms with E-state index in [0.29, 0.717) is 6.04 Å². The van der Waals surface area contributed by atoms with Gasteiger partial charge in [0, 0.05) is 44.5 Å². The van der Waals surface area contributed by atoms with Crippen molar-refractivity contribution in [3.05, 3.63) is 53.5 Å². The van der Waals surface area contributed by atoms with Crippen molar-refractivity contribution in [1.82, 2.24) is 19.8 Å². The van der Waals surface area contributed by atoms with Crippen LogP contribution in [0.1, 0.15) is 42.8 Å². The van der Waals surface area contributed by atoms with E-state index in [1.807, 2.05) is 31.9 Å². The first-order valence-corrected chi connectivity index (χ1v) is 11.1. The lowest BCUT2D eigenvalue weighted by atomic mass is 10.0. The summed E-state index contributed by atoms with van der Waals surface area (Å²) in [5.41, 5.74) is 2.29. The van der Waals surface area contributed by atoms with Crippen LogP contribution < -0.4 is 4.90 Å². The molecule has 30 heavy (non-hydrogen) atoms. The Balaban J connectivity index is 1.35. The number of rotatable bonds is 5. The molecule has 6 nitrogen and oxygen atoms in total. The van der Waals surface area contributed by atoms with Crippen LogP contribution in [0, 0.1) is 13.8 Å². The van der Waals surface area contributed by atoms with Crippen molar-refractivity contribution >= 4 is 11.7 Å². The summed E-state index contributed by atoms with van der Waals surface area (Å²) in [5, 5.41) is 0. The van der Waals surface area contributed by atoms with E-state index in [4.69, 9.17) is 0 Å². The lowest BCUT2D eigenvalue weighted by Crippen LogP contribution is -2.51. The van der Waals surface area contributed by atoms with Gasteiger partial charge < -0.3 is 9.80 Å². The summed E-state index contributed by atoms with van der Waals surface area (Å²) < 4.78 is 0. The van der Waals surface area contributed by atoms with Crippen LogP contribution in [0.4, 0.5) is 5.82 Å². The highest BCUT2D eigenvalue weighted by Crippen LogP contribution is 2.25. The molecule has 1 atom stereocenters. The highest BCUT2D eigenvalue weighted by atomic mass is 16.2. The zero-order chi connectivity index (χ0) is 21.1. The molecule has 1 aromatic carbocycles. The number of likely N-dealkylation sites (tertiary alicyclic amines) is 1. The standard InChI is InChI=1S/C24H33N5O/c1-18-16-23(26-19(2)25-18)28-14-11-21(12-15-28)27(3)24(30)22-10-7-13-29(22)17-20-8-5-4-6-9-20/h4-6,8-9,16,21-22H,7,10-15,17H2,1-3H3. The van der Waals surface area contributed by atoms with Crippen LogP contribution in [-0.2, 0) is 11.3 Å². The molecule has 0 bridgehead atoms. The maximum atomic E-state index is 13.3. The van der Waals surface area contributed by atoms with Gasteiger partial charge in [-0.05, 0) is 51.6 Å². The normalized spacial score (nSPS) is 20.5. The molecule has 0 aliphatic carbocycles. The molecule has 2 aliphatic rings. The summed E-state index contributed by atoms with van der Waals surface area (Å²) in [5.74, 6) is 2.12. The van der Waals surface area contributed by atoms with Crippen LogP contribution in [0.25, 0.3) is 0 Å². The van der Waals surface area contributed by atoms with Gasteiger partial charge in [-0.3, -0.25) is 9.69 Å². The van der Waals surface area contributed by atoms with Gasteiger partial charge in [0.2, 0.25) is 5.91 Å². The highest BCUT2D eigenvalue weighted by molar-refractivity contribution is 5.82. The number of piperidine rings is 1. The van der Waals surface area contributed by atoms with Crippen LogP contribution >= 0.6 is 0 Å². The number of benzene rings is 1. The lowest BCUT2D eigenvalue weighted by Gasteiger charge is -2.39. The minimum atomic E-state index is 0.0143. The summed E-state index contributed by atoms with van der Waals surface area (Å²) >= 11 is 0. The average Bonchev–Trinajstić information content (AvgIpc) is 3.21. The van der Waals surface area contributed by atoms with Crippen molar-refractivity contribution in [2.45, 2.75) is 58.2 Å². The molecule has 6 heteroatoms. The van der Waals surface area contributed by atoms with Gasteiger partial charge in [0.1, 0.15) is 11.6 Å². The first-order valence-electron chi connectivity index (χ1n) is 11.1. The number of aryl methyl sites for hydroxylation is 2. The molecule has 1 unspecified atom stereocenters. The van der Waals surface area contributed by atoms with Gasteiger partial charge in [-0.1, -0.05) is 30.3 Å². The molecule has 1 amide bonds. The first-order chi connectivity index (χ1) is 14.5. The van der Waals surface area contributed by atoms with Gasteiger partial charge in [0.05, 0.1) is 6.04 Å². The Kier molecular flexibility index (Phi) is 6.32. The zero-order valence-corrected chi connectivity index (χ0v) is 18.4. The van der Waals surface area contributed by atoms with Gasteiger partial charge in [-0.15, -0.1) is 0 Å². The Labute approximate surface area is 179 Å².